The molecule has 0 aliphatic carbocycles. The van der Waals surface area contributed by atoms with Crippen molar-refractivity contribution in [3.05, 3.63) is 52.2 Å². The van der Waals surface area contributed by atoms with Crippen LogP contribution in [0.1, 0.15) is 22.9 Å². The summed E-state index contributed by atoms with van der Waals surface area (Å²) in [7, 11) is 3.96. The van der Waals surface area contributed by atoms with Crippen LogP contribution in [0, 0.1) is 0 Å². The number of amides is 3. The molecule has 6 nitrogen and oxygen atoms in total. The molecule has 0 unspecified atom stereocenters. The van der Waals surface area contributed by atoms with E-state index in [0.717, 1.165) is 16.1 Å². The number of rotatable bonds is 7. The second kappa shape index (κ2) is 8.35. The van der Waals surface area contributed by atoms with Gasteiger partial charge in [0.05, 0.1) is 12.5 Å². The molecule has 0 fully saturated rings. The van der Waals surface area contributed by atoms with Crippen LogP contribution >= 0.6 is 11.3 Å². The lowest BCUT2D eigenvalue weighted by Crippen LogP contribution is -2.36. The normalized spacial score (nSPS) is 11.6. The Labute approximate surface area is 145 Å². The molecular weight excluding hydrogens is 324 g/mol. The van der Waals surface area contributed by atoms with Crippen LogP contribution in [0.2, 0.25) is 0 Å². The predicted molar refractivity (Wildman–Crippen MR) is 97.0 cm³/mol. The van der Waals surface area contributed by atoms with Gasteiger partial charge in [0.1, 0.15) is 0 Å². The van der Waals surface area contributed by atoms with Crippen LogP contribution in [0.3, 0.4) is 0 Å². The van der Waals surface area contributed by atoms with Gasteiger partial charge in [-0.1, -0.05) is 18.2 Å². The molecule has 2 rings (SSSR count). The van der Waals surface area contributed by atoms with E-state index in [1.54, 1.807) is 0 Å². The number of nitrogens with zero attached hydrogens (tertiary/aromatic N) is 1. The fourth-order valence-electron chi connectivity index (χ4n) is 2.25. The van der Waals surface area contributed by atoms with Crippen LogP contribution in [0.5, 0.6) is 0 Å². The van der Waals surface area contributed by atoms with Crippen molar-refractivity contribution in [1.82, 2.24) is 10.6 Å². The van der Waals surface area contributed by atoms with Gasteiger partial charge in [0.2, 0.25) is 5.91 Å². The first-order chi connectivity index (χ1) is 11.5. The van der Waals surface area contributed by atoms with Crippen molar-refractivity contribution in [3.63, 3.8) is 0 Å². The summed E-state index contributed by atoms with van der Waals surface area (Å²) < 4.78 is 0. The molecule has 0 saturated carbocycles. The monoisotopic (exact) mass is 346 g/mol. The van der Waals surface area contributed by atoms with Crippen molar-refractivity contribution in [2.45, 2.75) is 19.0 Å². The van der Waals surface area contributed by atoms with E-state index in [4.69, 9.17) is 5.73 Å². The Morgan fingerprint density at radius 2 is 1.92 bits per heavy atom. The number of nitrogens with one attached hydrogen (secondary N) is 2. The Balaban J connectivity index is 1.90. The van der Waals surface area contributed by atoms with E-state index in [9.17, 15) is 9.59 Å². The third kappa shape index (κ3) is 5.27. The molecule has 0 saturated heterocycles. The highest BCUT2D eigenvalue weighted by molar-refractivity contribution is 7.10. The molecule has 2 aromatic rings. The summed E-state index contributed by atoms with van der Waals surface area (Å²) in [6, 6.07) is 10.7. The molecule has 1 heterocycles. The lowest BCUT2D eigenvalue weighted by molar-refractivity contribution is -0.121. The maximum Gasteiger partial charge on any atom is 0.312 e. The fourth-order valence-corrected chi connectivity index (χ4v) is 3.03. The first kappa shape index (κ1) is 17.8. The quantitative estimate of drug-likeness (QED) is 0.718. The highest BCUT2D eigenvalue weighted by Crippen LogP contribution is 2.22. The Kier molecular flexibility index (Phi) is 6.20. The second-order valence-electron chi connectivity index (χ2n) is 5.62. The predicted octanol–water partition coefficient (Wildman–Crippen LogP) is 2.23. The molecule has 1 aromatic carbocycles. The zero-order valence-electron chi connectivity index (χ0n) is 13.8. The van der Waals surface area contributed by atoms with E-state index in [1.807, 2.05) is 60.8 Å². The van der Waals surface area contributed by atoms with E-state index >= 15 is 0 Å². The number of thiophene rings is 1. The molecule has 24 heavy (non-hydrogen) atoms. The molecule has 1 atom stereocenters. The molecule has 128 valence electrons. The lowest BCUT2D eigenvalue weighted by atomic mass is 10.1. The van der Waals surface area contributed by atoms with Crippen LogP contribution in [-0.2, 0) is 11.3 Å². The van der Waals surface area contributed by atoms with Gasteiger partial charge >= 0.3 is 6.03 Å². The maximum absolute atomic E-state index is 12.2. The lowest BCUT2D eigenvalue weighted by Gasteiger charge is -2.16. The number of primary amides is 1. The van der Waals surface area contributed by atoms with Crippen LogP contribution in [0.4, 0.5) is 10.5 Å². The van der Waals surface area contributed by atoms with Crippen LogP contribution in [0.25, 0.3) is 0 Å². The summed E-state index contributed by atoms with van der Waals surface area (Å²) in [5, 5.41) is 7.39. The van der Waals surface area contributed by atoms with Gasteiger partial charge in [0.25, 0.3) is 0 Å². The Bertz CT molecular complexity index is 668. The van der Waals surface area contributed by atoms with Gasteiger partial charge in [-0.2, -0.15) is 0 Å². The molecule has 0 spiro atoms. The Morgan fingerprint density at radius 1 is 1.21 bits per heavy atom. The van der Waals surface area contributed by atoms with Gasteiger partial charge in [-0.3, -0.25) is 4.79 Å². The first-order valence-corrected chi connectivity index (χ1v) is 8.46. The van der Waals surface area contributed by atoms with Gasteiger partial charge in [-0.25, -0.2) is 4.79 Å². The smallest absolute Gasteiger partial charge is 0.312 e. The molecule has 1 aromatic heterocycles. The maximum atomic E-state index is 12.2. The van der Waals surface area contributed by atoms with E-state index < -0.39 is 12.1 Å². The minimum absolute atomic E-state index is 0.140. The van der Waals surface area contributed by atoms with E-state index in [1.165, 1.54) is 11.3 Å². The number of hydrogen-bond acceptors (Lipinski definition) is 4. The molecule has 3 amide bonds. The summed E-state index contributed by atoms with van der Waals surface area (Å²) in [6.07, 6.45) is 0.152. The number of hydrogen-bond donors (Lipinski definition) is 3. The van der Waals surface area contributed by atoms with E-state index in [-0.39, 0.29) is 12.3 Å². The average Bonchev–Trinajstić information content (AvgIpc) is 3.06. The zero-order valence-corrected chi connectivity index (χ0v) is 14.6. The van der Waals surface area contributed by atoms with Crippen molar-refractivity contribution >= 4 is 29.0 Å². The molecule has 0 bridgehead atoms. The minimum Gasteiger partial charge on any atom is -0.378 e. The second-order valence-corrected chi connectivity index (χ2v) is 6.60. The molecule has 4 N–H and O–H groups in total. The Hall–Kier alpha value is -2.54. The van der Waals surface area contributed by atoms with Crippen molar-refractivity contribution in [2.24, 2.45) is 5.73 Å². The molecular formula is C17H22N4O2S. The third-order valence-corrected chi connectivity index (χ3v) is 4.52. The number of anilines is 1. The molecule has 0 aliphatic rings. The zero-order chi connectivity index (χ0) is 17.5. The van der Waals surface area contributed by atoms with Gasteiger partial charge in [0, 0.05) is 31.2 Å². The molecule has 0 aliphatic heterocycles. The Morgan fingerprint density at radius 3 is 2.46 bits per heavy atom. The highest BCUT2D eigenvalue weighted by Gasteiger charge is 2.18. The van der Waals surface area contributed by atoms with E-state index in [0.29, 0.717) is 6.54 Å². The van der Waals surface area contributed by atoms with Crippen LogP contribution in [-0.4, -0.2) is 26.0 Å². The number of carbonyl (C=O) groups excluding carboxylic acids is 2. The summed E-state index contributed by atoms with van der Waals surface area (Å²) in [6.45, 7) is 0.445. The number of nitrogens with two attached hydrogens (primary N) is 1. The van der Waals surface area contributed by atoms with Crippen LogP contribution < -0.4 is 21.3 Å². The number of benzene rings is 1. The van der Waals surface area contributed by atoms with Crippen LogP contribution in [0.15, 0.2) is 41.8 Å². The first-order valence-electron chi connectivity index (χ1n) is 7.58. The summed E-state index contributed by atoms with van der Waals surface area (Å²) in [5.41, 5.74) is 7.32. The topological polar surface area (TPSA) is 87.5 Å². The van der Waals surface area contributed by atoms with Crippen molar-refractivity contribution in [2.75, 3.05) is 19.0 Å². The van der Waals surface area contributed by atoms with Gasteiger partial charge in [0.15, 0.2) is 0 Å². The van der Waals surface area contributed by atoms with Gasteiger partial charge in [-0.15, -0.1) is 11.3 Å². The van der Waals surface area contributed by atoms with Crippen molar-refractivity contribution in [3.8, 4) is 0 Å². The highest BCUT2D eigenvalue weighted by atomic mass is 32.1. The number of carbonyl (C=O) groups is 2. The summed E-state index contributed by atoms with van der Waals surface area (Å²) in [5.74, 6) is -0.140. The van der Waals surface area contributed by atoms with Gasteiger partial charge < -0.3 is 21.3 Å². The minimum atomic E-state index is -0.638. The number of urea groups is 1. The largest absolute Gasteiger partial charge is 0.378 e. The van der Waals surface area contributed by atoms with E-state index in [2.05, 4.69) is 10.6 Å². The van der Waals surface area contributed by atoms with Crippen molar-refractivity contribution in [1.29, 1.82) is 0 Å². The fraction of sp³-hybridized carbons (Fsp3) is 0.294. The average molecular weight is 346 g/mol. The summed E-state index contributed by atoms with van der Waals surface area (Å²) in [4.78, 5) is 26.2. The van der Waals surface area contributed by atoms with Crippen molar-refractivity contribution < 1.29 is 9.59 Å². The third-order valence-electron chi connectivity index (χ3n) is 3.54. The standard InChI is InChI=1S/C17H22N4O2S/c1-21(2)13-7-5-12(6-8-13)11-19-16(22)10-14(20-17(18)23)15-4-3-9-24-15/h3-9,14H,10-11H2,1-2H3,(H,19,22)(H3,18,20,23)/t14-/m0/s1. The van der Waals surface area contributed by atoms with Gasteiger partial charge in [-0.05, 0) is 29.1 Å². The SMILES string of the molecule is CN(C)c1ccc(CNC(=O)C[C@H](NC(N)=O)c2cccs2)cc1. The molecule has 7 heteroatoms. The molecule has 0 radical (unpaired) electrons. The summed E-state index contributed by atoms with van der Waals surface area (Å²) >= 11 is 1.48.